The summed E-state index contributed by atoms with van der Waals surface area (Å²) in [4.78, 5) is 14.3. The number of aromatic nitrogens is 2. The van der Waals surface area contributed by atoms with Crippen molar-refractivity contribution in [2.24, 2.45) is 0 Å². The van der Waals surface area contributed by atoms with E-state index in [-0.39, 0.29) is 11.8 Å². The molecule has 6 nitrogen and oxygen atoms in total. The molecule has 128 valence electrons. The Morgan fingerprint density at radius 2 is 1.79 bits per heavy atom. The van der Waals surface area contributed by atoms with E-state index in [1.54, 1.807) is 12.1 Å². The second-order valence-electron chi connectivity index (χ2n) is 6.88. The maximum absolute atomic E-state index is 12.5. The van der Waals surface area contributed by atoms with E-state index in [0.717, 1.165) is 38.1 Å². The average molecular weight is 329 g/mol. The molecule has 1 aliphatic carbocycles. The van der Waals surface area contributed by atoms with Gasteiger partial charge in [-0.2, -0.15) is 0 Å². The van der Waals surface area contributed by atoms with Crippen molar-refractivity contribution in [1.82, 2.24) is 15.1 Å². The molecule has 1 saturated heterocycles. The summed E-state index contributed by atoms with van der Waals surface area (Å²) in [6.07, 6.45) is 9.55. The molecule has 2 aromatic heterocycles. The van der Waals surface area contributed by atoms with Crippen molar-refractivity contribution in [3.8, 4) is 0 Å². The van der Waals surface area contributed by atoms with Gasteiger partial charge in [-0.05, 0) is 37.8 Å². The lowest BCUT2D eigenvalue weighted by Gasteiger charge is -2.30. The van der Waals surface area contributed by atoms with Crippen molar-refractivity contribution in [2.75, 3.05) is 13.1 Å². The normalized spacial score (nSPS) is 22.7. The first-order valence-electron chi connectivity index (χ1n) is 8.97. The Kier molecular flexibility index (Phi) is 4.36. The van der Waals surface area contributed by atoms with Crippen molar-refractivity contribution in [3.63, 3.8) is 0 Å². The standard InChI is InChI=1S/C18H23N3O3/c22-18(15-9-5-11-23-15)21-10-4-8-14(12-21)17-20-19-16(24-17)13-6-2-1-3-7-13/h5,9,11,13-14H,1-4,6-8,10,12H2. The fourth-order valence-electron chi connectivity index (χ4n) is 3.85. The molecule has 24 heavy (non-hydrogen) atoms. The van der Waals surface area contributed by atoms with Crippen LogP contribution in [0.15, 0.2) is 27.2 Å². The third-order valence-electron chi connectivity index (χ3n) is 5.20. The van der Waals surface area contributed by atoms with Crippen LogP contribution in [-0.2, 0) is 0 Å². The van der Waals surface area contributed by atoms with Crippen molar-refractivity contribution in [1.29, 1.82) is 0 Å². The summed E-state index contributed by atoms with van der Waals surface area (Å²) in [5.74, 6) is 2.36. The Bertz CT molecular complexity index is 674. The van der Waals surface area contributed by atoms with Crippen molar-refractivity contribution < 1.29 is 13.6 Å². The second kappa shape index (κ2) is 6.79. The number of carbonyl (C=O) groups is 1. The minimum atomic E-state index is -0.0586. The molecule has 3 heterocycles. The first-order valence-corrected chi connectivity index (χ1v) is 8.97. The van der Waals surface area contributed by atoms with Crippen LogP contribution >= 0.6 is 0 Å². The van der Waals surface area contributed by atoms with Gasteiger partial charge in [-0.15, -0.1) is 10.2 Å². The highest BCUT2D eigenvalue weighted by Gasteiger charge is 2.31. The molecule has 2 aromatic rings. The fourth-order valence-corrected chi connectivity index (χ4v) is 3.85. The van der Waals surface area contributed by atoms with Gasteiger partial charge < -0.3 is 13.7 Å². The number of rotatable bonds is 3. The summed E-state index contributed by atoms with van der Waals surface area (Å²) in [5.41, 5.74) is 0. The Morgan fingerprint density at radius 3 is 2.54 bits per heavy atom. The van der Waals surface area contributed by atoms with E-state index in [9.17, 15) is 4.79 Å². The lowest BCUT2D eigenvalue weighted by Crippen LogP contribution is -2.39. The highest BCUT2D eigenvalue weighted by molar-refractivity contribution is 5.91. The molecule has 0 spiro atoms. The van der Waals surface area contributed by atoms with Crippen molar-refractivity contribution in [2.45, 2.75) is 56.8 Å². The Labute approximate surface area is 141 Å². The van der Waals surface area contributed by atoms with E-state index >= 15 is 0 Å². The smallest absolute Gasteiger partial charge is 0.289 e. The zero-order valence-electron chi connectivity index (χ0n) is 13.8. The maximum Gasteiger partial charge on any atom is 0.289 e. The third-order valence-corrected chi connectivity index (χ3v) is 5.20. The van der Waals surface area contributed by atoms with Gasteiger partial charge in [-0.25, -0.2) is 0 Å². The molecule has 1 atom stereocenters. The number of hydrogen-bond donors (Lipinski definition) is 0. The molecule has 0 N–H and O–H groups in total. The highest BCUT2D eigenvalue weighted by atomic mass is 16.4. The van der Waals surface area contributed by atoms with Crippen LogP contribution in [0.25, 0.3) is 0 Å². The number of carbonyl (C=O) groups excluding carboxylic acids is 1. The van der Waals surface area contributed by atoms with Gasteiger partial charge >= 0.3 is 0 Å². The van der Waals surface area contributed by atoms with Gasteiger partial charge in [-0.1, -0.05) is 19.3 Å². The molecule has 1 unspecified atom stereocenters. The lowest BCUT2D eigenvalue weighted by atomic mass is 9.89. The summed E-state index contributed by atoms with van der Waals surface area (Å²) >= 11 is 0. The number of hydrogen-bond acceptors (Lipinski definition) is 5. The minimum absolute atomic E-state index is 0.0586. The molecule has 2 fully saturated rings. The second-order valence-corrected chi connectivity index (χ2v) is 6.88. The number of furan rings is 1. The minimum Gasteiger partial charge on any atom is -0.459 e. The summed E-state index contributed by atoms with van der Waals surface area (Å²) in [6, 6.07) is 3.45. The van der Waals surface area contributed by atoms with Gasteiger partial charge in [0.25, 0.3) is 5.91 Å². The molecule has 1 saturated carbocycles. The predicted octanol–water partition coefficient (Wildman–Crippen LogP) is 3.73. The molecule has 0 bridgehead atoms. The van der Waals surface area contributed by atoms with E-state index in [4.69, 9.17) is 8.83 Å². The van der Waals surface area contributed by atoms with Crippen LogP contribution in [0.3, 0.4) is 0 Å². The van der Waals surface area contributed by atoms with Crippen LogP contribution in [0.4, 0.5) is 0 Å². The van der Waals surface area contributed by atoms with Crippen LogP contribution in [0.1, 0.15) is 79.1 Å². The van der Waals surface area contributed by atoms with Crippen LogP contribution in [-0.4, -0.2) is 34.1 Å². The number of likely N-dealkylation sites (tertiary alicyclic amines) is 1. The maximum atomic E-state index is 12.5. The van der Waals surface area contributed by atoms with Crippen molar-refractivity contribution >= 4 is 5.91 Å². The summed E-state index contributed by atoms with van der Waals surface area (Å²) in [5, 5.41) is 8.59. The van der Waals surface area contributed by atoms with Crippen LogP contribution in [0.2, 0.25) is 0 Å². The van der Waals surface area contributed by atoms with Gasteiger partial charge in [0.2, 0.25) is 11.8 Å². The van der Waals surface area contributed by atoms with E-state index in [1.807, 2.05) is 4.90 Å². The average Bonchev–Trinajstić information content (AvgIpc) is 3.34. The molecule has 0 radical (unpaired) electrons. The highest BCUT2D eigenvalue weighted by Crippen LogP contribution is 2.34. The Balaban J connectivity index is 1.44. The lowest BCUT2D eigenvalue weighted by molar-refractivity contribution is 0.0665. The molecule has 1 aliphatic heterocycles. The molecule has 2 aliphatic rings. The fraction of sp³-hybridized carbons (Fsp3) is 0.611. The number of nitrogens with zero attached hydrogens (tertiary/aromatic N) is 3. The Hall–Kier alpha value is -2.11. The van der Waals surface area contributed by atoms with Crippen LogP contribution < -0.4 is 0 Å². The van der Waals surface area contributed by atoms with E-state index in [1.165, 1.54) is 25.5 Å². The van der Waals surface area contributed by atoms with Gasteiger partial charge in [0, 0.05) is 19.0 Å². The monoisotopic (exact) mass is 329 g/mol. The van der Waals surface area contributed by atoms with Gasteiger partial charge in [0.1, 0.15) is 0 Å². The molecular formula is C18H23N3O3. The summed E-state index contributed by atoms with van der Waals surface area (Å²) < 4.78 is 11.2. The molecule has 6 heteroatoms. The molecule has 0 aromatic carbocycles. The quantitative estimate of drug-likeness (QED) is 0.858. The van der Waals surface area contributed by atoms with Crippen LogP contribution in [0.5, 0.6) is 0 Å². The SMILES string of the molecule is O=C(c1ccco1)N1CCCC(c2nnc(C3CCCCC3)o2)C1. The topological polar surface area (TPSA) is 72.4 Å². The Morgan fingerprint density at radius 1 is 1.04 bits per heavy atom. The first-order chi connectivity index (χ1) is 11.8. The predicted molar refractivity (Wildman–Crippen MR) is 86.7 cm³/mol. The number of piperidine rings is 1. The summed E-state index contributed by atoms with van der Waals surface area (Å²) in [6.45, 7) is 1.37. The van der Waals surface area contributed by atoms with Gasteiger partial charge in [0.15, 0.2) is 5.76 Å². The zero-order chi connectivity index (χ0) is 16.4. The molecule has 4 rings (SSSR count). The molecular weight excluding hydrogens is 306 g/mol. The third kappa shape index (κ3) is 3.09. The largest absolute Gasteiger partial charge is 0.459 e. The summed E-state index contributed by atoms with van der Waals surface area (Å²) in [7, 11) is 0. The van der Waals surface area contributed by atoms with E-state index in [0.29, 0.717) is 24.1 Å². The zero-order valence-corrected chi connectivity index (χ0v) is 13.8. The van der Waals surface area contributed by atoms with E-state index in [2.05, 4.69) is 10.2 Å². The first kappa shape index (κ1) is 15.4. The van der Waals surface area contributed by atoms with Gasteiger partial charge in [-0.3, -0.25) is 4.79 Å². The van der Waals surface area contributed by atoms with E-state index < -0.39 is 0 Å². The van der Waals surface area contributed by atoms with Crippen molar-refractivity contribution in [3.05, 3.63) is 35.9 Å². The molecule has 1 amide bonds. The van der Waals surface area contributed by atoms with Crippen LogP contribution in [0, 0.1) is 0 Å². The van der Waals surface area contributed by atoms with Gasteiger partial charge in [0.05, 0.1) is 12.2 Å². The number of amides is 1.